The summed E-state index contributed by atoms with van der Waals surface area (Å²) in [5.74, 6) is -0.227. The number of aliphatic hydroxyl groups excluding tert-OH is 1. The van der Waals surface area contributed by atoms with Crippen LogP contribution >= 0.6 is 0 Å². The van der Waals surface area contributed by atoms with Gasteiger partial charge in [0.05, 0.1) is 6.61 Å². The number of carbonyl (C=O) groups excluding carboxylic acids is 2. The van der Waals surface area contributed by atoms with Crippen molar-refractivity contribution in [2.75, 3.05) is 6.61 Å². The summed E-state index contributed by atoms with van der Waals surface area (Å²) in [5.41, 5.74) is -0.948. The van der Waals surface area contributed by atoms with E-state index in [2.05, 4.69) is 0 Å². The summed E-state index contributed by atoms with van der Waals surface area (Å²) in [5, 5.41) is 9.53. The van der Waals surface area contributed by atoms with Crippen molar-refractivity contribution in [2.24, 2.45) is 22.7 Å². The molecule has 0 aromatic heterocycles. The van der Waals surface area contributed by atoms with Crippen molar-refractivity contribution in [1.29, 1.82) is 0 Å². The third-order valence-electron chi connectivity index (χ3n) is 4.34. The molecule has 4 unspecified atom stereocenters. The molecule has 2 rings (SSSR count). The highest BCUT2D eigenvalue weighted by molar-refractivity contribution is 5.69. The Labute approximate surface area is 107 Å². The summed E-state index contributed by atoms with van der Waals surface area (Å²) in [7, 11) is 0. The van der Waals surface area contributed by atoms with Crippen molar-refractivity contribution in [1.82, 2.24) is 0 Å². The zero-order valence-electron chi connectivity index (χ0n) is 11.1. The van der Waals surface area contributed by atoms with Crippen LogP contribution in [0.3, 0.4) is 0 Å². The molecule has 0 amide bonds. The van der Waals surface area contributed by atoms with Gasteiger partial charge in [0, 0.05) is 23.7 Å². The van der Waals surface area contributed by atoms with Crippen molar-refractivity contribution in [3.05, 3.63) is 12.2 Å². The van der Waals surface area contributed by atoms with Gasteiger partial charge in [0.2, 0.25) is 0 Å². The summed E-state index contributed by atoms with van der Waals surface area (Å²) in [6, 6.07) is 0. The molecule has 0 spiro atoms. The zero-order chi connectivity index (χ0) is 13.6. The van der Waals surface area contributed by atoms with E-state index in [1.807, 2.05) is 26.0 Å². The van der Waals surface area contributed by atoms with Gasteiger partial charge < -0.3 is 14.6 Å². The first-order valence-corrected chi connectivity index (χ1v) is 6.31. The number of fused-ring (bicyclic) bond motifs is 1. The Morgan fingerprint density at radius 3 is 2.78 bits per heavy atom. The number of esters is 1. The lowest BCUT2D eigenvalue weighted by molar-refractivity contribution is -0.160. The first-order valence-electron chi connectivity index (χ1n) is 6.31. The summed E-state index contributed by atoms with van der Waals surface area (Å²) < 4.78 is 5.46. The van der Waals surface area contributed by atoms with Crippen LogP contribution in [0.5, 0.6) is 0 Å². The number of aldehydes is 1. The van der Waals surface area contributed by atoms with Crippen LogP contribution in [0.1, 0.15) is 27.2 Å². The Bertz CT molecular complexity index is 399. The van der Waals surface area contributed by atoms with Crippen molar-refractivity contribution in [2.45, 2.75) is 33.3 Å². The molecule has 1 N–H and O–H groups in total. The minimum Gasteiger partial charge on any atom is -0.461 e. The molecule has 1 saturated carbocycles. The van der Waals surface area contributed by atoms with Gasteiger partial charge in [0.15, 0.2) is 0 Å². The van der Waals surface area contributed by atoms with E-state index in [0.29, 0.717) is 0 Å². The third kappa shape index (κ3) is 1.70. The zero-order valence-corrected chi connectivity index (χ0v) is 11.1. The molecule has 100 valence electrons. The van der Waals surface area contributed by atoms with Crippen LogP contribution in [-0.4, -0.2) is 30.1 Å². The maximum Gasteiger partial charge on any atom is 0.302 e. The third-order valence-corrected chi connectivity index (χ3v) is 4.34. The van der Waals surface area contributed by atoms with Crippen LogP contribution in [-0.2, 0) is 14.3 Å². The quantitative estimate of drug-likeness (QED) is 0.455. The molecule has 4 nitrogen and oxygen atoms in total. The Morgan fingerprint density at radius 1 is 1.67 bits per heavy atom. The maximum absolute atomic E-state index is 11.3. The number of hydrogen-bond donors (Lipinski definition) is 1. The van der Waals surface area contributed by atoms with Gasteiger partial charge in [-0.2, -0.15) is 0 Å². The van der Waals surface area contributed by atoms with Gasteiger partial charge in [0.1, 0.15) is 12.4 Å². The molecular weight excluding hydrogens is 232 g/mol. The first-order chi connectivity index (χ1) is 8.40. The van der Waals surface area contributed by atoms with E-state index in [0.717, 1.165) is 12.7 Å². The highest BCUT2D eigenvalue weighted by atomic mass is 16.5. The van der Waals surface area contributed by atoms with E-state index >= 15 is 0 Å². The number of carbonyl (C=O) groups is 2. The Kier molecular flexibility index (Phi) is 3.09. The van der Waals surface area contributed by atoms with Crippen molar-refractivity contribution < 1.29 is 19.4 Å². The second-order valence-electron chi connectivity index (χ2n) is 6.04. The fourth-order valence-corrected chi connectivity index (χ4v) is 3.40. The van der Waals surface area contributed by atoms with Crippen LogP contribution in [0.2, 0.25) is 0 Å². The average molecular weight is 252 g/mol. The largest absolute Gasteiger partial charge is 0.461 e. The number of allylic oxidation sites excluding steroid dienone is 1. The molecule has 0 bridgehead atoms. The Hall–Kier alpha value is -1.16. The van der Waals surface area contributed by atoms with Crippen LogP contribution in [0.15, 0.2) is 12.2 Å². The molecule has 0 radical (unpaired) electrons. The van der Waals surface area contributed by atoms with E-state index in [1.54, 1.807) is 0 Å². The van der Waals surface area contributed by atoms with E-state index in [1.165, 1.54) is 6.92 Å². The predicted octanol–water partition coefficient (Wildman–Crippen LogP) is 1.33. The van der Waals surface area contributed by atoms with Crippen LogP contribution in [0.4, 0.5) is 0 Å². The standard InChI is InChI=1S/C14H20O4/c1-9(17)18-12(13(2,3)8-16)14-6-4-5-10(14)11(14)7-15/h4,6-7,10-12,16H,5,8H2,1-3H3. The fourth-order valence-electron chi connectivity index (χ4n) is 3.40. The first kappa shape index (κ1) is 13.3. The second kappa shape index (κ2) is 4.19. The highest BCUT2D eigenvalue weighted by Crippen LogP contribution is 2.69. The molecule has 18 heavy (non-hydrogen) atoms. The summed E-state index contributed by atoms with van der Waals surface area (Å²) in [4.78, 5) is 22.5. The van der Waals surface area contributed by atoms with Gasteiger partial charge >= 0.3 is 5.97 Å². The average Bonchev–Trinajstić information content (AvgIpc) is 2.72. The van der Waals surface area contributed by atoms with E-state index in [9.17, 15) is 14.7 Å². The molecule has 4 atom stereocenters. The number of ether oxygens (including phenoxy) is 1. The molecule has 0 heterocycles. The second-order valence-corrected chi connectivity index (χ2v) is 6.04. The van der Waals surface area contributed by atoms with Gasteiger partial charge in [-0.05, 0) is 12.3 Å². The van der Waals surface area contributed by atoms with Crippen LogP contribution in [0, 0.1) is 22.7 Å². The molecule has 2 aliphatic carbocycles. The van der Waals surface area contributed by atoms with Crippen molar-refractivity contribution in [3.63, 3.8) is 0 Å². The van der Waals surface area contributed by atoms with E-state index in [-0.39, 0.29) is 29.8 Å². The maximum atomic E-state index is 11.3. The molecule has 0 aromatic carbocycles. The van der Waals surface area contributed by atoms with Crippen molar-refractivity contribution in [3.8, 4) is 0 Å². The molecule has 0 aliphatic heterocycles. The minimum absolute atomic E-state index is 0.0845. The molecular formula is C14H20O4. The summed E-state index contributed by atoms with van der Waals surface area (Å²) in [6.07, 6.45) is 5.39. The molecule has 1 fully saturated rings. The lowest BCUT2D eigenvalue weighted by Crippen LogP contribution is -2.43. The smallest absolute Gasteiger partial charge is 0.302 e. The Balaban J connectivity index is 2.33. The molecule has 0 aromatic rings. The summed E-state index contributed by atoms with van der Waals surface area (Å²) >= 11 is 0. The van der Waals surface area contributed by atoms with Crippen molar-refractivity contribution >= 4 is 12.3 Å². The van der Waals surface area contributed by atoms with Gasteiger partial charge in [-0.25, -0.2) is 0 Å². The van der Waals surface area contributed by atoms with Gasteiger partial charge in [0.25, 0.3) is 0 Å². The molecule has 4 heteroatoms. The van der Waals surface area contributed by atoms with Gasteiger partial charge in [-0.15, -0.1) is 0 Å². The highest BCUT2D eigenvalue weighted by Gasteiger charge is 2.71. The summed E-state index contributed by atoms with van der Waals surface area (Å²) in [6.45, 7) is 5.00. The lowest BCUT2D eigenvalue weighted by Gasteiger charge is -2.37. The molecule has 2 aliphatic rings. The number of aliphatic hydroxyl groups is 1. The minimum atomic E-state index is -0.559. The fraction of sp³-hybridized carbons (Fsp3) is 0.714. The number of rotatable bonds is 5. The van der Waals surface area contributed by atoms with Gasteiger partial charge in [-0.3, -0.25) is 4.79 Å². The van der Waals surface area contributed by atoms with E-state index in [4.69, 9.17) is 4.74 Å². The normalized spacial score (nSPS) is 34.9. The monoisotopic (exact) mass is 252 g/mol. The van der Waals surface area contributed by atoms with E-state index < -0.39 is 11.5 Å². The van der Waals surface area contributed by atoms with Crippen LogP contribution in [0.25, 0.3) is 0 Å². The SMILES string of the molecule is CC(=O)OC(C(C)(C)CO)C12C=CCC1C2C=O. The van der Waals surface area contributed by atoms with Gasteiger partial charge in [-0.1, -0.05) is 26.0 Å². The topological polar surface area (TPSA) is 63.6 Å². The number of hydrogen-bond acceptors (Lipinski definition) is 4. The van der Waals surface area contributed by atoms with Crippen LogP contribution < -0.4 is 0 Å². The molecule has 0 saturated heterocycles. The predicted molar refractivity (Wildman–Crippen MR) is 65.7 cm³/mol. The lowest BCUT2D eigenvalue weighted by atomic mass is 9.76. The Morgan fingerprint density at radius 2 is 2.33 bits per heavy atom.